The molecule has 0 spiro atoms. The molecule has 0 aliphatic heterocycles. The normalized spacial score (nSPS) is 14.0. The van der Waals surface area contributed by atoms with Crippen molar-refractivity contribution in [1.29, 1.82) is 0 Å². The maximum atomic E-state index is 2.23. The third-order valence-electron chi connectivity index (χ3n) is 3.50. The smallest absolute Gasteiger partial charge is 0.0166 e. The van der Waals surface area contributed by atoms with Gasteiger partial charge in [0.15, 0.2) is 0 Å². The molecular formula is C24H36. The molecule has 0 saturated carbocycles. The minimum atomic E-state index is 1.01. The van der Waals surface area contributed by atoms with Gasteiger partial charge in [0.25, 0.3) is 0 Å². The molecule has 0 bridgehead atoms. The highest BCUT2D eigenvalue weighted by molar-refractivity contribution is 5.11. The van der Waals surface area contributed by atoms with Crippen LogP contribution in [-0.4, -0.2) is 0 Å². The Balaban J connectivity index is 3.60. The van der Waals surface area contributed by atoms with E-state index >= 15 is 0 Å². The summed E-state index contributed by atoms with van der Waals surface area (Å²) >= 11 is 0. The van der Waals surface area contributed by atoms with Gasteiger partial charge in [-0.25, -0.2) is 0 Å². The van der Waals surface area contributed by atoms with Gasteiger partial charge in [0.1, 0.15) is 0 Å². The van der Waals surface area contributed by atoms with Crippen molar-refractivity contribution >= 4 is 0 Å². The number of hydrogen-bond donors (Lipinski definition) is 0. The zero-order chi connectivity index (χ0) is 17.7. The van der Waals surface area contributed by atoms with Crippen LogP contribution < -0.4 is 0 Å². The van der Waals surface area contributed by atoms with Gasteiger partial charge in [-0.3, -0.25) is 0 Å². The summed E-state index contributed by atoms with van der Waals surface area (Å²) in [5.41, 5.74) is 1.43. The molecule has 0 saturated heterocycles. The summed E-state index contributed by atoms with van der Waals surface area (Å²) in [6, 6.07) is 0. The van der Waals surface area contributed by atoms with Crippen molar-refractivity contribution in [1.82, 2.24) is 0 Å². The van der Waals surface area contributed by atoms with Crippen LogP contribution in [0.15, 0.2) is 84.6 Å². The Kier molecular flexibility index (Phi) is 17.8. The van der Waals surface area contributed by atoms with E-state index in [1.54, 1.807) is 0 Å². The molecule has 0 amide bonds. The SMILES string of the molecule is CCC=CCC=CCC=CCC=CCC=CCC=CC=C(C)CC. The molecule has 0 aromatic heterocycles. The van der Waals surface area contributed by atoms with Crippen LogP contribution in [0.2, 0.25) is 0 Å². The molecule has 24 heavy (non-hydrogen) atoms. The predicted molar refractivity (Wildman–Crippen MR) is 112 cm³/mol. The summed E-state index contributed by atoms with van der Waals surface area (Å²) in [7, 11) is 0. The van der Waals surface area contributed by atoms with E-state index in [1.807, 2.05) is 0 Å². The molecule has 0 N–H and O–H groups in total. The van der Waals surface area contributed by atoms with E-state index in [9.17, 15) is 0 Å². The maximum Gasteiger partial charge on any atom is -0.0166 e. The van der Waals surface area contributed by atoms with Gasteiger partial charge in [0.05, 0.1) is 0 Å². The Morgan fingerprint density at radius 1 is 0.542 bits per heavy atom. The molecule has 0 heteroatoms. The van der Waals surface area contributed by atoms with Crippen LogP contribution in [-0.2, 0) is 0 Å². The first-order valence-corrected chi connectivity index (χ1v) is 9.38. The predicted octanol–water partition coefficient (Wildman–Crippen LogP) is 8.04. The highest BCUT2D eigenvalue weighted by Crippen LogP contribution is 1.99. The van der Waals surface area contributed by atoms with Crippen LogP contribution in [0.4, 0.5) is 0 Å². The topological polar surface area (TPSA) is 0 Å². The quantitative estimate of drug-likeness (QED) is 0.237. The molecular weight excluding hydrogens is 288 g/mol. The van der Waals surface area contributed by atoms with Crippen LogP contribution in [0.25, 0.3) is 0 Å². The van der Waals surface area contributed by atoms with Crippen molar-refractivity contribution in [2.45, 2.75) is 65.7 Å². The largest absolute Gasteiger partial charge is 0.0885 e. The van der Waals surface area contributed by atoms with Crippen LogP contribution in [0.1, 0.15) is 65.7 Å². The first kappa shape index (κ1) is 22.2. The van der Waals surface area contributed by atoms with Crippen molar-refractivity contribution in [3.63, 3.8) is 0 Å². The highest BCUT2D eigenvalue weighted by atomic mass is 13.8. The summed E-state index contributed by atoms with van der Waals surface area (Å²) in [5.74, 6) is 0. The Morgan fingerprint density at radius 2 is 0.917 bits per heavy atom. The second kappa shape index (κ2) is 19.2. The molecule has 0 unspecified atom stereocenters. The fourth-order valence-corrected chi connectivity index (χ4v) is 1.85. The van der Waals surface area contributed by atoms with Crippen LogP contribution in [0.3, 0.4) is 0 Å². The van der Waals surface area contributed by atoms with Gasteiger partial charge in [-0.2, -0.15) is 0 Å². The summed E-state index contributed by atoms with van der Waals surface area (Å²) in [6.45, 7) is 6.51. The lowest BCUT2D eigenvalue weighted by Crippen LogP contribution is -1.67. The van der Waals surface area contributed by atoms with E-state index in [0.717, 1.165) is 44.9 Å². The molecule has 0 atom stereocenters. The molecule has 0 heterocycles. The van der Waals surface area contributed by atoms with E-state index in [-0.39, 0.29) is 0 Å². The van der Waals surface area contributed by atoms with Crippen LogP contribution >= 0.6 is 0 Å². The van der Waals surface area contributed by atoms with Gasteiger partial charge in [0, 0.05) is 0 Å². The number of allylic oxidation sites excluding steroid dienone is 14. The second-order valence-corrected chi connectivity index (χ2v) is 5.74. The van der Waals surface area contributed by atoms with Crippen molar-refractivity contribution in [2.75, 3.05) is 0 Å². The summed E-state index contributed by atoms with van der Waals surface area (Å²) in [5, 5.41) is 0. The molecule has 0 aromatic rings. The standard InChI is InChI=1S/C24H36/c1-4-6-7-8-9-10-11-12-13-14-15-16-17-18-19-20-21-22-23-24(3)5-2/h6-7,9-10,12-13,15-16,18-19,21-23H,4-5,8,11,14,17,20H2,1-3H3. The van der Waals surface area contributed by atoms with Gasteiger partial charge < -0.3 is 0 Å². The highest BCUT2D eigenvalue weighted by Gasteiger charge is 1.78. The first-order chi connectivity index (χ1) is 11.8. The van der Waals surface area contributed by atoms with Gasteiger partial charge in [-0.05, 0) is 51.9 Å². The van der Waals surface area contributed by atoms with E-state index < -0.39 is 0 Å². The fraction of sp³-hybridized carbons (Fsp3) is 0.417. The minimum Gasteiger partial charge on any atom is -0.0885 e. The minimum absolute atomic E-state index is 1.01. The first-order valence-electron chi connectivity index (χ1n) is 9.38. The van der Waals surface area contributed by atoms with Crippen molar-refractivity contribution in [2.24, 2.45) is 0 Å². The Bertz CT molecular complexity index is 464. The summed E-state index contributed by atoms with van der Waals surface area (Å²) < 4.78 is 0. The number of rotatable bonds is 13. The molecule has 0 aliphatic carbocycles. The van der Waals surface area contributed by atoms with Gasteiger partial charge in [-0.1, -0.05) is 98.4 Å². The molecule has 0 aromatic carbocycles. The fourth-order valence-electron chi connectivity index (χ4n) is 1.85. The lowest BCUT2D eigenvalue weighted by Gasteiger charge is -1.88. The zero-order valence-electron chi connectivity index (χ0n) is 16.0. The third kappa shape index (κ3) is 18.2. The Morgan fingerprint density at radius 3 is 1.29 bits per heavy atom. The van der Waals surface area contributed by atoms with Crippen molar-refractivity contribution in [3.05, 3.63) is 84.6 Å². The summed E-state index contributed by atoms with van der Waals surface area (Å²) in [6.07, 6.45) is 36.2. The molecule has 0 aliphatic rings. The monoisotopic (exact) mass is 324 g/mol. The van der Waals surface area contributed by atoms with Crippen LogP contribution in [0.5, 0.6) is 0 Å². The Labute approximate surface area is 150 Å². The van der Waals surface area contributed by atoms with Gasteiger partial charge in [-0.15, -0.1) is 0 Å². The van der Waals surface area contributed by atoms with Crippen molar-refractivity contribution in [3.8, 4) is 0 Å². The Hall–Kier alpha value is -1.82. The molecule has 0 rings (SSSR count). The molecule has 0 nitrogen and oxygen atoms in total. The van der Waals surface area contributed by atoms with E-state index in [2.05, 4.69) is 99.8 Å². The summed E-state index contributed by atoms with van der Waals surface area (Å²) in [4.78, 5) is 0. The van der Waals surface area contributed by atoms with E-state index in [1.165, 1.54) is 5.57 Å². The average Bonchev–Trinajstić information content (AvgIpc) is 2.60. The maximum absolute atomic E-state index is 2.23. The van der Waals surface area contributed by atoms with Gasteiger partial charge in [0.2, 0.25) is 0 Å². The molecule has 0 fully saturated rings. The average molecular weight is 325 g/mol. The number of hydrogen-bond acceptors (Lipinski definition) is 0. The second-order valence-electron chi connectivity index (χ2n) is 5.74. The van der Waals surface area contributed by atoms with Crippen molar-refractivity contribution < 1.29 is 0 Å². The molecule has 0 radical (unpaired) electrons. The van der Waals surface area contributed by atoms with E-state index in [0.29, 0.717) is 0 Å². The van der Waals surface area contributed by atoms with Gasteiger partial charge >= 0.3 is 0 Å². The lowest BCUT2D eigenvalue weighted by atomic mass is 10.2. The zero-order valence-corrected chi connectivity index (χ0v) is 16.0. The lowest BCUT2D eigenvalue weighted by molar-refractivity contribution is 1.10. The molecule has 132 valence electrons. The third-order valence-corrected chi connectivity index (χ3v) is 3.50. The van der Waals surface area contributed by atoms with Crippen LogP contribution in [0, 0.1) is 0 Å². The van der Waals surface area contributed by atoms with E-state index in [4.69, 9.17) is 0 Å².